The number of fused-ring (bicyclic) bond motifs is 4. The first-order valence-electron chi connectivity index (χ1n) is 18.2. The van der Waals surface area contributed by atoms with Crippen molar-refractivity contribution in [3.63, 3.8) is 0 Å². The zero-order chi connectivity index (χ0) is 35.8. The zero-order valence-corrected chi connectivity index (χ0v) is 29.4. The normalized spacial score (nSPS) is 11.4. The first kappa shape index (κ1) is 31.6. The van der Waals surface area contributed by atoms with Crippen LogP contribution in [0.25, 0.3) is 88.9 Å². The molecule has 0 aliphatic carbocycles. The summed E-state index contributed by atoms with van der Waals surface area (Å²) in [7, 11) is 0. The van der Waals surface area contributed by atoms with Crippen LogP contribution < -0.4 is 0 Å². The lowest BCUT2D eigenvalue weighted by Crippen LogP contribution is -2.04. The summed E-state index contributed by atoms with van der Waals surface area (Å²) in [6.45, 7) is 0. The summed E-state index contributed by atoms with van der Waals surface area (Å²) < 4.78 is 6.42. The van der Waals surface area contributed by atoms with E-state index in [2.05, 4.69) is 170 Å². The number of hydrogen-bond acceptors (Lipinski definition) is 4. The fourth-order valence-corrected chi connectivity index (χ4v) is 7.41. The van der Waals surface area contributed by atoms with Gasteiger partial charge in [-0.2, -0.15) is 0 Å². The lowest BCUT2D eigenvalue weighted by atomic mass is 9.98. The van der Waals surface area contributed by atoms with Crippen LogP contribution in [-0.2, 0) is 6.42 Å². The Hall–Kier alpha value is -7.17. The van der Waals surface area contributed by atoms with Crippen molar-refractivity contribution in [3.8, 4) is 56.2 Å². The van der Waals surface area contributed by atoms with Gasteiger partial charge in [-0.1, -0.05) is 164 Å². The minimum Gasteiger partial charge on any atom is -0.456 e. The van der Waals surface area contributed by atoms with E-state index in [0.717, 1.165) is 55.3 Å². The molecule has 0 aliphatic rings. The average Bonchev–Trinajstić information content (AvgIpc) is 3.63. The predicted octanol–water partition coefficient (Wildman–Crippen LogP) is 12.8. The lowest BCUT2D eigenvalue weighted by Gasteiger charge is -2.10. The summed E-state index contributed by atoms with van der Waals surface area (Å²) in [5.41, 5.74) is 11.6. The molecular weight excluding hydrogens is 659 g/mol. The van der Waals surface area contributed by atoms with E-state index in [4.69, 9.17) is 19.4 Å². The Morgan fingerprint density at radius 2 is 0.870 bits per heavy atom. The molecule has 2 heterocycles. The molecule has 0 saturated carbocycles. The van der Waals surface area contributed by atoms with E-state index in [-0.39, 0.29) is 0 Å². The molecule has 0 saturated heterocycles. The van der Waals surface area contributed by atoms with Crippen molar-refractivity contribution in [2.75, 3.05) is 0 Å². The summed E-state index contributed by atoms with van der Waals surface area (Å²) in [5, 5.41) is 4.61. The van der Waals surface area contributed by atoms with Crippen LogP contribution in [-0.4, -0.2) is 15.0 Å². The summed E-state index contributed by atoms with van der Waals surface area (Å²) in [4.78, 5) is 15.3. The number of nitrogens with zero attached hydrogens (tertiary/aromatic N) is 3. The minimum atomic E-state index is 0.513. The van der Waals surface area contributed by atoms with Crippen LogP contribution in [0.2, 0.25) is 0 Å². The molecule has 0 spiro atoms. The van der Waals surface area contributed by atoms with Gasteiger partial charge < -0.3 is 4.42 Å². The quantitative estimate of drug-likeness (QED) is 0.167. The highest BCUT2D eigenvalue weighted by molar-refractivity contribution is 6.08. The highest BCUT2D eigenvalue weighted by Gasteiger charge is 2.17. The third-order valence-corrected chi connectivity index (χ3v) is 10.2. The first-order chi connectivity index (χ1) is 26.7. The second-order valence-electron chi connectivity index (χ2n) is 13.6. The van der Waals surface area contributed by atoms with Gasteiger partial charge in [-0.3, -0.25) is 0 Å². The molecule has 0 amide bonds. The highest BCUT2D eigenvalue weighted by Crippen LogP contribution is 2.36. The molecule has 0 atom stereocenters. The Morgan fingerprint density at radius 3 is 1.52 bits per heavy atom. The van der Waals surface area contributed by atoms with Crippen LogP contribution in [0.5, 0.6) is 0 Å². The second kappa shape index (κ2) is 13.4. The van der Waals surface area contributed by atoms with Gasteiger partial charge in [0.15, 0.2) is 11.6 Å². The fraction of sp³-hybridized carbons (Fsp3) is 0.0200. The van der Waals surface area contributed by atoms with E-state index >= 15 is 0 Å². The van der Waals surface area contributed by atoms with Crippen LogP contribution in [0, 0.1) is 0 Å². The standard InChI is InChI=1S/C50H33N3O/c1-3-10-33(11-4-1)36-18-23-38(24-19-36)49-51-47(52-50(53-49)39-25-20-37(21-26-39)34-12-5-2-6-13-34)32-43-16-9-17-46-48(43)44-31-42(28-29-45(44)54-46)41-27-22-35-14-7-8-15-40(35)30-41/h1-31H,32H2. The Labute approximate surface area is 313 Å². The second-order valence-corrected chi connectivity index (χ2v) is 13.6. The van der Waals surface area contributed by atoms with Gasteiger partial charge in [-0.05, 0) is 74.0 Å². The molecule has 8 aromatic carbocycles. The van der Waals surface area contributed by atoms with Gasteiger partial charge in [0.2, 0.25) is 0 Å². The fourth-order valence-electron chi connectivity index (χ4n) is 7.41. The molecule has 10 rings (SSSR count). The Kier molecular flexibility index (Phi) is 7.85. The number of benzene rings is 8. The topological polar surface area (TPSA) is 51.8 Å². The van der Waals surface area contributed by atoms with Crippen molar-refractivity contribution in [1.29, 1.82) is 0 Å². The van der Waals surface area contributed by atoms with Gasteiger partial charge in [-0.15, -0.1) is 0 Å². The number of rotatable bonds is 7. The maximum absolute atomic E-state index is 6.42. The SMILES string of the molecule is c1ccc(-c2ccc(-c3nc(Cc4cccc5oc6ccc(-c7ccc8ccccc8c7)cc6c45)nc(-c4ccc(-c5ccccc5)cc4)n3)cc2)cc1. The van der Waals surface area contributed by atoms with Crippen molar-refractivity contribution >= 4 is 32.7 Å². The van der Waals surface area contributed by atoms with Crippen molar-refractivity contribution in [1.82, 2.24) is 15.0 Å². The number of furan rings is 1. The molecule has 0 unspecified atom stereocenters. The largest absolute Gasteiger partial charge is 0.456 e. The summed E-state index contributed by atoms with van der Waals surface area (Å²) in [6, 6.07) is 65.6. The van der Waals surface area contributed by atoms with E-state index in [9.17, 15) is 0 Å². The monoisotopic (exact) mass is 691 g/mol. The molecule has 0 fully saturated rings. The summed E-state index contributed by atoms with van der Waals surface area (Å²) in [6.07, 6.45) is 0.513. The molecule has 0 bridgehead atoms. The summed E-state index contributed by atoms with van der Waals surface area (Å²) >= 11 is 0. The van der Waals surface area contributed by atoms with Crippen molar-refractivity contribution < 1.29 is 4.42 Å². The Morgan fingerprint density at radius 1 is 0.352 bits per heavy atom. The van der Waals surface area contributed by atoms with E-state index in [1.165, 1.54) is 27.5 Å². The average molecular weight is 692 g/mol. The Balaban J connectivity index is 1.07. The van der Waals surface area contributed by atoms with Crippen molar-refractivity contribution in [2.24, 2.45) is 0 Å². The van der Waals surface area contributed by atoms with E-state index in [0.29, 0.717) is 23.9 Å². The van der Waals surface area contributed by atoms with E-state index in [1.807, 2.05) is 18.2 Å². The van der Waals surface area contributed by atoms with Crippen molar-refractivity contribution in [2.45, 2.75) is 6.42 Å². The molecule has 2 aromatic heterocycles. The zero-order valence-electron chi connectivity index (χ0n) is 29.4. The molecule has 254 valence electrons. The van der Waals surface area contributed by atoms with E-state index < -0.39 is 0 Å². The van der Waals surface area contributed by atoms with Crippen LogP contribution in [0.3, 0.4) is 0 Å². The maximum atomic E-state index is 6.42. The van der Waals surface area contributed by atoms with Gasteiger partial charge in [0, 0.05) is 28.3 Å². The third-order valence-electron chi connectivity index (χ3n) is 10.2. The predicted molar refractivity (Wildman–Crippen MR) is 221 cm³/mol. The van der Waals surface area contributed by atoms with Gasteiger partial charge in [-0.25, -0.2) is 15.0 Å². The lowest BCUT2D eigenvalue weighted by molar-refractivity contribution is 0.668. The highest BCUT2D eigenvalue weighted by atomic mass is 16.3. The van der Waals surface area contributed by atoms with Crippen molar-refractivity contribution in [3.05, 3.63) is 199 Å². The Bertz CT molecular complexity index is 2830. The van der Waals surface area contributed by atoms with Crippen LogP contribution in [0.15, 0.2) is 192 Å². The van der Waals surface area contributed by atoms with Crippen LogP contribution >= 0.6 is 0 Å². The maximum Gasteiger partial charge on any atom is 0.163 e. The molecule has 0 N–H and O–H groups in total. The number of aromatic nitrogens is 3. The van der Waals surface area contributed by atoms with Gasteiger partial charge in [0.05, 0.1) is 0 Å². The molecule has 4 nitrogen and oxygen atoms in total. The van der Waals surface area contributed by atoms with Gasteiger partial charge in [0.25, 0.3) is 0 Å². The molecule has 54 heavy (non-hydrogen) atoms. The molecule has 0 aliphatic heterocycles. The summed E-state index contributed by atoms with van der Waals surface area (Å²) in [5.74, 6) is 1.98. The molecule has 0 radical (unpaired) electrons. The van der Waals surface area contributed by atoms with Gasteiger partial charge in [0.1, 0.15) is 17.0 Å². The van der Waals surface area contributed by atoms with E-state index in [1.54, 1.807) is 0 Å². The minimum absolute atomic E-state index is 0.513. The molecule has 4 heteroatoms. The van der Waals surface area contributed by atoms with Crippen LogP contribution in [0.4, 0.5) is 0 Å². The molecule has 10 aromatic rings. The first-order valence-corrected chi connectivity index (χ1v) is 18.2. The number of hydrogen-bond donors (Lipinski definition) is 0. The van der Waals surface area contributed by atoms with Crippen LogP contribution in [0.1, 0.15) is 11.4 Å². The third kappa shape index (κ3) is 6.00. The van der Waals surface area contributed by atoms with Gasteiger partial charge >= 0.3 is 0 Å². The smallest absolute Gasteiger partial charge is 0.163 e. The molecular formula is C50H33N3O.